The molecule has 0 N–H and O–H groups in total. The van der Waals surface area contributed by atoms with Crippen molar-refractivity contribution in [1.29, 1.82) is 0 Å². The second-order valence-corrected chi connectivity index (χ2v) is 7.18. The predicted octanol–water partition coefficient (Wildman–Crippen LogP) is 2.07. The summed E-state index contributed by atoms with van der Waals surface area (Å²) in [4.78, 5) is 79.1. The quantitative estimate of drug-likeness (QED) is 0.253. The first-order valence-electron chi connectivity index (χ1n) is 10.4. The van der Waals surface area contributed by atoms with Gasteiger partial charge in [-0.05, 0) is 25.7 Å². The number of hydrogen-bond acceptors (Lipinski definition) is 8. The van der Waals surface area contributed by atoms with Gasteiger partial charge in [0.25, 0.3) is 23.6 Å². The van der Waals surface area contributed by atoms with Gasteiger partial charge in [-0.25, -0.2) is 9.59 Å². The van der Waals surface area contributed by atoms with E-state index in [4.69, 9.17) is 9.68 Å². The SMILES string of the molecule is C=CC(CC/C=C\CC/C=C/CC(=O)ON1C(=O)CCC1=O)C(=O)ON1C(=O)CCC1=O. The lowest BCUT2D eigenvalue weighted by Crippen LogP contribution is -2.34. The van der Waals surface area contributed by atoms with Gasteiger partial charge in [-0.1, -0.05) is 30.4 Å². The topological polar surface area (TPSA) is 127 Å². The van der Waals surface area contributed by atoms with Crippen LogP contribution in [0, 0.1) is 5.92 Å². The van der Waals surface area contributed by atoms with Crippen molar-refractivity contribution in [2.45, 2.75) is 57.8 Å². The molecule has 32 heavy (non-hydrogen) atoms. The van der Waals surface area contributed by atoms with Crippen LogP contribution < -0.4 is 0 Å². The maximum absolute atomic E-state index is 12.1. The van der Waals surface area contributed by atoms with Crippen molar-refractivity contribution in [1.82, 2.24) is 10.1 Å². The highest BCUT2D eigenvalue weighted by molar-refractivity contribution is 6.02. The van der Waals surface area contributed by atoms with Gasteiger partial charge in [0.15, 0.2) is 0 Å². The summed E-state index contributed by atoms with van der Waals surface area (Å²) in [7, 11) is 0. The van der Waals surface area contributed by atoms with Crippen molar-refractivity contribution >= 4 is 35.6 Å². The van der Waals surface area contributed by atoms with Gasteiger partial charge in [0.2, 0.25) is 0 Å². The lowest BCUT2D eigenvalue weighted by molar-refractivity contribution is -0.199. The van der Waals surface area contributed by atoms with E-state index in [1.165, 1.54) is 6.08 Å². The van der Waals surface area contributed by atoms with Crippen molar-refractivity contribution in [2.24, 2.45) is 5.92 Å². The molecule has 0 saturated carbocycles. The van der Waals surface area contributed by atoms with Crippen LogP contribution in [0.4, 0.5) is 0 Å². The Morgan fingerprint density at radius 3 is 1.78 bits per heavy atom. The van der Waals surface area contributed by atoms with E-state index in [1.54, 1.807) is 12.2 Å². The fourth-order valence-corrected chi connectivity index (χ4v) is 2.95. The molecule has 0 aromatic heterocycles. The van der Waals surface area contributed by atoms with Crippen LogP contribution in [-0.2, 0) is 38.4 Å². The average Bonchev–Trinajstić information content (AvgIpc) is 3.25. The van der Waals surface area contributed by atoms with Gasteiger partial charge in [0, 0.05) is 25.7 Å². The zero-order valence-electron chi connectivity index (χ0n) is 17.7. The van der Waals surface area contributed by atoms with Crippen molar-refractivity contribution in [3.05, 3.63) is 37.0 Å². The van der Waals surface area contributed by atoms with E-state index in [2.05, 4.69) is 6.58 Å². The molecule has 2 aliphatic heterocycles. The van der Waals surface area contributed by atoms with Crippen LogP contribution in [0.5, 0.6) is 0 Å². The third kappa shape index (κ3) is 7.29. The summed E-state index contributed by atoms with van der Waals surface area (Å²) in [5, 5.41) is 1.05. The highest BCUT2D eigenvalue weighted by Gasteiger charge is 2.34. The number of carbonyl (C=O) groups is 6. The maximum atomic E-state index is 12.1. The van der Waals surface area contributed by atoms with Gasteiger partial charge in [-0.3, -0.25) is 19.2 Å². The second kappa shape index (κ2) is 12.3. The average molecular weight is 446 g/mol. The van der Waals surface area contributed by atoms with Gasteiger partial charge in [0.05, 0.1) is 12.3 Å². The number of amides is 4. The van der Waals surface area contributed by atoms with E-state index in [0.717, 1.165) is 0 Å². The zero-order valence-corrected chi connectivity index (χ0v) is 17.7. The normalized spacial score (nSPS) is 17.6. The Kier molecular flexibility index (Phi) is 9.52. The van der Waals surface area contributed by atoms with Crippen LogP contribution in [0.2, 0.25) is 0 Å². The molecule has 2 fully saturated rings. The summed E-state index contributed by atoms with van der Waals surface area (Å²) in [5.74, 6) is -4.08. The number of hydrogen-bond donors (Lipinski definition) is 0. The molecule has 0 aromatic carbocycles. The number of allylic oxidation sites excluding steroid dienone is 3. The van der Waals surface area contributed by atoms with Gasteiger partial charge >= 0.3 is 11.9 Å². The summed E-state index contributed by atoms with van der Waals surface area (Å²) in [6, 6.07) is 0. The largest absolute Gasteiger partial charge is 0.339 e. The molecule has 0 bridgehead atoms. The standard InChI is InChI=1S/C22H26N2O8/c1-2-16(22(30)32-24-19(27)14-15-20(24)28)10-8-6-4-3-5-7-9-11-21(29)31-23-17(25)12-13-18(23)26/h2,4,6-7,9,16H,1,3,5,8,10-15H2/b6-4-,9-7+. The van der Waals surface area contributed by atoms with Crippen molar-refractivity contribution in [2.75, 3.05) is 0 Å². The van der Waals surface area contributed by atoms with Crippen molar-refractivity contribution < 1.29 is 38.4 Å². The molecule has 0 aliphatic carbocycles. The Balaban J connectivity index is 1.59. The fourth-order valence-electron chi connectivity index (χ4n) is 2.95. The van der Waals surface area contributed by atoms with E-state index in [1.807, 2.05) is 12.2 Å². The molecule has 2 rings (SSSR count). The Morgan fingerprint density at radius 1 is 0.781 bits per heavy atom. The van der Waals surface area contributed by atoms with Crippen LogP contribution in [0.15, 0.2) is 37.0 Å². The smallest absolute Gasteiger partial charge is 0.330 e. The van der Waals surface area contributed by atoms with Gasteiger partial charge < -0.3 is 9.68 Å². The minimum absolute atomic E-state index is 0.0427. The summed E-state index contributed by atoms with van der Waals surface area (Å²) in [6.07, 6.45) is 11.1. The summed E-state index contributed by atoms with van der Waals surface area (Å²) < 4.78 is 0. The van der Waals surface area contributed by atoms with Gasteiger partial charge in [-0.15, -0.1) is 16.7 Å². The summed E-state index contributed by atoms with van der Waals surface area (Å²) in [5.41, 5.74) is 0. The van der Waals surface area contributed by atoms with Gasteiger partial charge in [-0.2, -0.15) is 0 Å². The molecule has 172 valence electrons. The van der Waals surface area contributed by atoms with Crippen LogP contribution in [-0.4, -0.2) is 45.7 Å². The van der Waals surface area contributed by atoms with Crippen molar-refractivity contribution in [3.63, 3.8) is 0 Å². The number of unbranched alkanes of at least 4 members (excludes halogenated alkanes) is 1. The van der Waals surface area contributed by atoms with Crippen LogP contribution >= 0.6 is 0 Å². The molecule has 1 unspecified atom stereocenters. The lowest BCUT2D eigenvalue weighted by atomic mass is 10.0. The molecule has 4 amide bonds. The molecule has 0 spiro atoms. The molecule has 0 radical (unpaired) electrons. The number of nitrogens with zero attached hydrogens (tertiary/aromatic N) is 2. The first-order valence-corrected chi connectivity index (χ1v) is 10.4. The Hall–Kier alpha value is -3.56. The maximum Gasteiger partial charge on any atom is 0.339 e. The van der Waals surface area contributed by atoms with E-state index in [9.17, 15) is 28.8 Å². The summed E-state index contributed by atoms with van der Waals surface area (Å²) >= 11 is 0. The third-order valence-corrected chi connectivity index (χ3v) is 4.74. The third-order valence-electron chi connectivity index (χ3n) is 4.74. The minimum atomic E-state index is -0.691. The molecule has 2 heterocycles. The van der Waals surface area contributed by atoms with Crippen molar-refractivity contribution in [3.8, 4) is 0 Å². The molecular weight excluding hydrogens is 420 g/mol. The molecule has 0 aromatic rings. The Labute approximate surface area is 185 Å². The number of rotatable bonds is 12. The number of imide groups is 2. The Bertz CT molecular complexity index is 813. The Morgan fingerprint density at radius 2 is 1.25 bits per heavy atom. The number of hydroxylamine groups is 4. The van der Waals surface area contributed by atoms with Gasteiger partial charge in [0.1, 0.15) is 0 Å². The minimum Gasteiger partial charge on any atom is -0.330 e. The molecule has 2 saturated heterocycles. The van der Waals surface area contributed by atoms with E-state index in [0.29, 0.717) is 35.8 Å². The predicted molar refractivity (Wildman–Crippen MR) is 109 cm³/mol. The molecule has 2 aliphatic rings. The molecular formula is C22H26N2O8. The molecule has 1 atom stereocenters. The summed E-state index contributed by atoms with van der Waals surface area (Å²) in [6.45, 7) is 3.60. The lowest BCUT2D eigenvalue weighted by Gasteiger charge is -2.16. The first-order chi connectivity index (χ1) is 15.3. The van der Waals surface area contributed by atoms with Crippen LogP contribution in [0.3, 0.4) is 0 Å². The highest BCUT2D eigenvalue weighted by Crippen LogP contribution is 2.17. The first kappa shape index (κ1) is 24.7. The fraction of sp³-hybridized carbons (Fsp3) is 0.455. The van der Waals surface area contributed by atoms with E-state index in [-0.39, 0.29) is 32.1 Å². The second-order valence-electron chi connectivity index (χ2n) is 7.18. The van der Waals surface area contributed by atoms with E-state index < -0.39 is 41.5 Å². The molecule has 10 heteroatoms. The molecule has 10 nitrogen and oxygen atoms in total. The number of carbonyl (C=O) groups excluding carboxylic acids is 6. The van der Waals surface area contributed by atoms with Crippen LogP contribution in [0.1, 0.15) is 57.8 Å². The van der Waals surface area contributed by atoms with E-state index >= 15 is 0 Å². The zero-order chi connectivity index (χ0) is 23.5. The monoisotopic (exact) mass is 446 g/mol. The van der Waals surface area contributed by atoms with Crippen LogP contribution in [0.25, 0.3) is 0 Å². The highest BCUT2D eigenvalue weighted by atomic mass is 16.7.